The van der Waals surface area contributed by atoms with Crippen molar-refractivity contribution in [2.24, 2.45) is 0 Å². The first-order valence-electron chi connectivity index (χ1n) is 8.60. The molecule has 1 aromatic carbocycles. The minimum atomic E-state index is -0.305. The predicted octanol–water partition coefficient (Wildman–Crippen LogP) is 5.00. The molecule has 0 aliphatic heterocycles. The Morgan fingerprint density at radius 3 is 2.62 bits per heavy atom. The fourth-order valence-electron chi connectivity index (χ4n) is 3.15. The van der Waals surface area contributed by atoms with Crippen molar-refractivity contribution in [3.05, 3.63) is 51.1 Å². The Hall–Kier alpha value is -2.52. The van der Waals surface area contributed by atoms with Crippen LogP contribution in [-0.4, -0.2) is 9.55 Å². The Kier molecular flexibility index (Phi) is 5.19. The van der Waals surface area contributed by atoms with Crippen molar-refractivity contribution >= 4 is 21.6 Å². The second-order valence-corrected chi connectivity index (χ2v) is 7.77. The smallest absolute Gasteiger partial charge is 0.262 e. The minimum Gasteiger partial charge on any atom is -0.296 e. The number of hydrogen-bond donors (Lipinski definition) is 0. The van der Waals surface area contributed by atoms with E-state index in [0.717, 1.165) is 21.8 Å². The Morgan fingerprint density at radius 2 is 2.00 bits per heavy atom. The highest BCUT2D eigenvalue weighted by Gasteiger charge is 2.20. The summed E-state index contributed by atoms with van der Waals surface area (Å²) in [5.41, 5.74) is 1.56. The molecule has 134 valence electrons. The number of nitriles is 1. The van der Waals surface area contributed by atoms with Gasteiger partial charge in [0.25, 0.3) is 5.56 Å². The molecule has 0 radical (unpaired) electrons. The summed E-state index contributed by atoms with van der Waals surface area (Å²) in [5, 5.41) is 9.38. The van der Waals surface area contributed by atoms with Gasteiger partial charge in [0, 0.05) is 29.3 Å². The zero-order valence-electron chi connectivity index (χ0n) is 15.0. The summed E-state index contributed by atoms with van der Waals surface area (Å²) in [6.45, 7) is 6.45. The van der Waals surface area contributed by atoms with Gasteiger partial charge in [-0.2, -0.15) is 5.26 Å². The van der Waals surface area contributed by atoms with Crippen LogP contribution in [0.5, 0.6) is 0 Å². The van der Waals surface area contributed by atoms with Gasteiger partial charge in [0.05, 0.1) is 11.5 Å². The van der Waals surface area contributed by atoms with E-state index in [-0.39, 0.29) is 17.3 Å². The van der Waals surface area contributed by atoms with Crippen molar-refractivity contribution in [2.45, 2.75) is 46.1 Å². The van der Waals surface area contributed by atoms with E-state index < -0.39 is 0 Å². The van der Waals surface area contributed by atoms with Crippen LogP contribution in [0.4, 0.5) is 4.39 Å². The molecule has 0 amide bonds. The van der Waals surface area contributed by atoms with Gasteiger partial charge in [-0.3, -0.25) is 9.36 Å². The van der Waals surface area contributed by atoms with Crippen molar-refractivity contribution in [2.75, 3.05) is 0 Å². The maximum atomic E-state index is 13.3. The van der Waals surface area contributed by atoms with E-state index >= 15 is 0 Å². The number of fused-ring (bicyclic) bond motifs is 1. The maximum Gasteiger partial charge on any atom is 0.262 e. The van der Waals surface area contributed by atoms with Crippen molar-refractivity contribution < 1.29 is 4.39 Å². The first-order chi connectivity index (χ1) is 12.4. The molecule has 0 fully saturated rings. The van der Waals surface area contributed by atoms with Crippen molar-refractivity contribution in [3.63, 3.8) is 0 Å². The summed E-state index contributed by atoms with van der Waals surface area (Å²) in [6, 6.07) is 8.31. The molecule has 0 aliphatic carbocycles. The van der Waals surface area contributed by atoms with Crippen molar-refractivity contribution in [1.82, 2.24) is 9.55 Å². The fourth-order valence-corrected chi connectivity index (χ4v) is 4.19. The molecule has 6 heteroatoms. The molecule has 0 unspecified atom stereocenters. The van der Waals surface area contributed by atoms with E-state index in [2.05, 4.69) is 6.07 Å². The van der Waals surface area contributed by atoms with Crippen molar-refractivity contribution in [3.8, 4) is 17.2 Å². The maximum absolute atomic E-state index is 13.3. The van der Waals surface area contributed by atoms with Gasteiger partial charge >= 0.3 is 0 Å². The van der Waals surface area contributed by atoms with Gasteiger partial charge in [0.15, 0.2) is 0 Å². The average Bonchev–Trinajstić information content (AvgIpc) is 2.94. The molecule has 0 bridgehead atoms. The summed E-state index contributed by atoms with van der Waals surface area (Å²) >= 11 is 1.49. The Balaban J connectivity index is 2.27. The average molecular weight is 369 g/mol. The number of hydrogen-bond acceptors (Lipinski definition) is 4. The van der Waals surface area contributed by atoms with Crippen molar-refractivity contribution in [1.29, 1.82) is 5.26 Å². The summed E-state index contributed by atoms with van der Waals surface area (Å²) < 4.78 is 15.0. The summed E-state index contributed by atoms with van der Waals surface area (Å²) in [7, 11) is 0. The Labute approximate surface area is 155 Å². The number of aryl methyl sites for hydroxylation is 1. The van der Waals surface area contributed by atoms with Gasteiger partial charge in [-0.05, 0) is 31.0 Å². The molecular formula is C20H20FN3OS. The zero-order valence-corrected chi connectivity index (χ0v) is 15.9. The van der Waals surface area contributed by atoms with E-state index in [9.17, 15) is 9.18 Å². The van der Waals surface area contributed by atoms with Crippen LogP contribution >= 0.6 is 11.3 Å². The third kappa shape index (κ3) is 3.27. The van der Waals surface area contributed by atoms with E-state index in [1.54, 1.807) is 16.7 Å². The van der Waals surface area contributed by atoms with Gasteiger partial charge in [-0.25, -0.2) is 9.37 Å². The SMILES string of the molecule is Cc1sc2nc(C(C)C)n(CCCC#N)c(=O)c2c1-c1ccc(F)cc1. The fraction of sp³-hybridized carbons (Fsp3) is 0.350. The van der Waals surface area contributed by atoms with Gasteiger partial charge in [0.1, 0.15) is 16.5 Å². The first kappa shape index (κ1) is 18.3. The molecule has 0 aliphatic rings. The normalized spacial score (nSPS) is 11.2. The highest BCUT2D eigenvalue weighted by Crippen LogP contribution is 2.36. The lowest BCUT2D eigenvalue weighted by molar-refractivity contribution is 0.568. The number of nitrogens with zero attached hydrogens (tertiary/aromatic N) is 3. The van der Waals surface area contributed by atoms with Crippen LogP contribution in [0.25, 0.3) is 21.3 Å². The van der Waals surface area contributed by atoms with Crippen LogP contribution in [-0.2, 0) is 6.54 Å². The van der Waals surface area contributed by atoms with E-state index in [1.165, 1.54) is 23.5 Å². The molecule has 26 heavy (non-hydrogen) atoms. The monoisotopic (exact) mass is 369 g/mol. The molecule has 4 nitrogen and oxygen atoms in total. The van der Waals surface area contributed by atoms with Crippen LogP contribution in [0, 0.1) is 24.1 Å². The molecule has 0 atom stereocenters. The lowest BCUT2D eigenvalue weighted by Gasteiger charge is -2.14. The second kappa shape index (κ2) is 7.38. The molecule has 0 saturated heterocycles. The van der Waals surface area contributed by atoms with Crippen LogP contribution in [0.3, 0.4) is 0 Å². The standard InChI is InChI=1S/C20H20FN3OS/c1-12(2)18-23-19-17(20(25)24(18)11-5-4-10-22)16(13(3)26-19)14-6-8-15(21)9-7-14/h6-9,12H,4-5,11H2,1-3H3. The second-order valence-electron chi connectivity index (χ2n) is 6.56. The van der Waals surface area contributed by atoms with E-state index in [4.69, 9.17) is 10.2 Å². The van der Waals surface area contributed by atoms with Crippen LogP contribution < -0.4 is 5.56 Å². The zero-order chi connectivity index (χ0) is 18.8. The molecule has 3 aromatic rings. The number of halogens is 1. The van der Waals surface area contributed by atoms with E-state index in [1.807, 2.05) is 20.8 Å². The summed E-state index contributed by atoms with van der Waals surface area (Å²) in [4.78, 5) is 19.8. The molecule has 2 heterocycles. The molecule has 0 spiro atoms. The predicted molar refractivity (Wildman–Crippen MR) is 103 cm³/mol. The molecule has 0 N–H and O–H groups in total. The van der Waals surface area contributed by atoms with Gasteiger partial charge in [-0.15, -0.1) is 11.3 Å². The van der Waals surface area contributed by atoms with Crippen LogP contribution in [0.1, 0.15) is 43.3 Å². The number of benzene rings is 1. The minimum absolute atomic E-state index is 0.0830. The van der Waals surface area contributed by atoms with E-state index in [0.29, 0.717) is 29.6 Å². The molecular weight excluding hydrogens is 349 g/mol. The molecule has 0 saturated carbocycles. The quantitative estimate of drug-likeness (QED) is 0.595. The number of rotatable bonds is 5. The largest absolute Gasteiger partial charge is 0.296 e. The number of unbranched alkanes of at least 4 members (excludes halogenated alkanes) is 1. The number of thiophene rings is 1. The van der Waals surface area contributed by atoms with Gasteiger partial charge in [-0.1, -0.05) is 26.0 Å². The number of aromatic nitrogens is 2. The van der Waals surface area contributed by atoms with Gasteiger partial charge in [0.2, 0.25) is 0 Å². The van der Waals surface area contributed by atoms with Crippen LogP contribution in [0.2, 0.25) is 0 Å². The summed E-state index contributed by atoms with van der Waals surface area (Å²) in [6.07, 6.45) is 1.01. The lowest BCUT2D eigenvalue weighted by Crippen LogP contribution is -2.26. The Morgan fingerprint density at radius 1 is 1.31 bits per heavy atom. The molecule has 3 rings (SSSR count). The highest BCUT2D eigenvalue weighted by molar-refractivity contribution is 7.19. The highest BCUT2D eigenvalue weighted by atomic mass is 32.1. The van der Waals surface area contributed by atoms with Crippen LogP contribution in [0.15, 0.2) is 29.1 Å². The third-order valence-electron chi connectivity index (χ3n) is 4.34. The lowest BCUT2D eigenvalue weighted by atomic mass is 10.0. The first-order valence-corrected chi connectivity index (χ1v) is 9.42. The summed E-state index contributed by atoms with van der Waals surface area (Å²) in [5.74, 6) is 0.540. The molecule has 2 aromatic heterocycles. The van der Waals surface area contributed by atoms with Gasteiger partial charge < -0.3 is 0 Å². The third-order valence-corrected chi connectivity index (χ3v) is 5.34. The Bertz CT molecular complexity index is 1040. The topological polar surface area (TPSA) is 58.7 Å².